The van der Waals surface area contributed by atoms with Gasteiger partial charge in [-0.25, -0.2) is 0 Å². The molecule has 0 radical (unpaired) electrons. The van der Waals surface area contributed by atoms with E-state index in [1.165, 1.54) is 12.1 Å². The molecule has 1 amide bonds. The normalized spacial score (nSPS) is 10.8. The number of thioether (sulfide) groups is 1. The maximum atomic E-state index is 12.4. The molecule has 108 valence electrons. The zero-order chi connectivity index (χ0) is 13.8. The van der Waals surface area contributed by atoms with Crippen molar-refractivity contribution in [2.45, 2.75) is 17.3 Å². The maximum absolute atomic E-state index is 12.4. The molecule has 0 bridgehead atoms. The fourth-order valence-corrected chi connectivity index (χ4v) is 2.02. The number of benzene rings is 1. The number of halogens is 4. The van der Waals surface area contributed by atoms with Crippen molar-refractivity contribution in [2.75, 3.05) is 18.9 Å². The second-order valence-electron chi connectivity index (χ2n) is 3.63. The van der Waals surface area contributed by atoms with Crippen LogP contribution in [0.15, 0.2) is 23.1 Å². The molecule has 0 aliphatic rings. The molecule has 0 aliphatic carbocycles. The number of aryl methyl sites for hydroxylation is 1. The largest absolute Gasteiger partial charge is 0.446 e. The Kier molecular flexibility index (Phi) is 7.25. The van der Waals surface area contributed by atoms with Crippen LogP contribution in [0.25, 0.3) is 0 Å². The van der Waals surface area contributed by atoms with Gasteiger partial charge < -0.3 is 10.6 Å². The minimum absolute atomic E-state index is 0. The minimum atomic E-state index is -4.38. The number of hydrogen-bond acceptors (Lipinski definition) is 3. The summed E-state index contributed by atoms with van der Waals surface area (Å²) in [5, 5.41) is 5.06. The Morgan fingerprint density at radius 2 is 2.00 bits per heavy atom. The van der Waals surface area contributed by atoms with Crippen LogP contribution in [-0.4, -0.2) is 25.0 Å². The fraction of sp³-hybridized carbons (Fsp3) is 0.364. The Balaban J connectivity index is 0.00000324. The van der Waals surface area contributed by atoms with E-state index in [-0.39, 0.29) is 47.2 Å². The number of carbonyl (C=O) groups excluding carboxylic acids is 1. The van der Waals surface area contributed by atoms with Crippen LogP contribution in [0.3, 0.4) is 0 Å². The zero-order valence-corrected chi connectivity index (χ0v) is 11.9. The highest BCUT2D eigenvalue weighted by molar-refractivity contribution is 8.00. The Morgan fingerprint density at radius 3 is 2.53 bits per heavy atom. The highest BCUT2D eigenvalue weighted by atomic mass is 35.5. The van der Waals surface area contributed by atoms with Crippen molar-refractivity contribution in [3.05, 3.63) is 23.8 Å². The molecule has 0 aliphatic heterocycles. The third-order valence-electron chi connectivity index (χ3n) is 1.97. The van der Waals surface area contributed by atoms with Crippen LogP contribution in [0.1, 0.15) is 5.56 Å². The van der Waals surface area contributed by atoms with E-state index < -0.39 is 5.51 Å². The predicted octanol–water partition coefficient (Wildman–Crippen LogP) is 3.19. The van der Waals surface area contributed by atoms with Gasteiger partial charge in [-0.05, 0) is 43.4 Å². The summed E-state index contributed by atoms with van der Waals surface area (Å²) in [5.74, 6) is -0.384. The first-order chi connectivity index (χ1) is 8.31. The molecule has 0 saturated heterocycles. The van der Waals surface area contributed by atoms with E-state index in [2.05, 4.69) is 10.6 Å². The first kappa shape index (κ1) is 18.1. The van der Waals surface area contributed by atoms with E-state index in [1.54, 1.807) is 20.0 Å². The highest BCUT2D eigenvalue weighted by Gasteiger charge is 2.30. The topological polar surface area (TPSA) is 41.1 Å². The zero-order valence-electron chi connectivity index (χ0n) is 10.3. The van der Waals surface area contributed by atoms with Gasteiger partial charge in [-0.15, -0.1) is 12.4 Å². The molecule has 8 heteroatoms. The summed E-state index contributed by atoms with van der Waals surface area (Å²) in [7, 11) is 1.58. The van der Waals surface area contributed by atoms with E-state index in [9.17, 15) is 18.0 Å². The number of rotatable bonds is 4. The lowest BCUT2D eigenvalue weighted by molar-refractivity contribution is -0.115. The van der Waals surface area contributed by atoms with Crippen molar-refractivity contribution in [1.29, 1.82) is 0 Å². The molecular weight excluding hydrogens is 301 g/mol. The molecular formula is C11H14ClF3N2OS. The van der Waals surface area contributed by atoms with E-state index in [0.29, 0.717) is 5.56 Å². The van der Waals surface area contributed by atoms with Gasteiger partial charge >= 0.3 is 5.51 Å². The molecule has 1 rings (SSSR count). The monoisotopic (exact) mass is 314 g/mol. The van der Waals surface area contributed by atoms with Gasteiger partial charge in [-0.2, -0.15) is 13.2 Å². The molecule has 0 atom stereocenters. The van der Waals surface area contributed by atoms with Crippen LogP contribution in [0.2, 0.25) is 0 Å². The Morgan fingerprint density at radius 1 is 1.37 bits per heavy atom. The summed E-state index contributed by atoms with van der Waals surface area (Å²) < 4.78 is 37.1. The van der Waals surface area contributed by atoms with Crippen LogP contribution in [-0.2, 0) is 4.79 Å². The van der Waals surface area contributed by atoms with Gasteiger partial charge in [0.25, 0.3) is 0 Å². The van der Waals surface area contributed by atoms with Crippen LogP contribution in [0.4, 0.5) is 18.9 Å². The average molecular weight is 315 g/mol. The van der Waals surface area contributed by atoms with E-state index in [1.807, 2.05) is 0 Å². The first-order valence-corrected chi connectivity index (χ1v) is 5.94. The summed E-state index contributed by atoms with van der Waals surface area (Å²) in [6.07, 6.45) is 0. The maximum Gasteiger partial charge on any atom is 0.446 e. The highest BCUT2D eigenvalue weighted by Crippen LogP contribution is 2.40. The van der Waals surface area contributed by atoms with Crippen LogP contribution in [0.5, 0.6) is 0 Å². The molecule has 0 heterocycles. The van der Waals surface area contributed by atoms with E-state index in [0.717, 1.165) is 0 Å². The second-order valence-corrected chi connectivity index (χ2v) is 4.73. The number of nitrogens with one attached hydrogen (secondary N) is 2. The Bertz CT molecular complexity index is 440. The quantitative estimate of drug-likeness (QED) is 0.839. The van der Waals surface area contributed by atoms with Gasteiger partial charge in [0.2, 0.25) is 5.91 Å². The average Bonchev–Trinajstić information content (AvgIpc) is 2.20. The van der Waals surface area contributed by atoms with Gasteiger partial charge in [0.05, 0.1) is 12.2 Å². The summed E-state index contributed by atoms with van der Waals surface area (Å²) >= 11 is -0.234. The lowest BCUT2D eigenvalue weighted by Crippen LogP contribution is -2.25. The van der Waals surface area contributed by atoms with Gasteiger partial charge in [0.1, 0.15) is 0 Å². The number of carbonyl (C=O) groups is 1. The van der Waals surface area contributed by atoms with Gasteiger partial charge in [-0.3, -0.25) is 4.79 Å². The molecule has 19 heavy (non-hydrogen) atoms. The Hall–Kier alpha value is -0.920. The van der Waals surface area contributed by atoms with Crippen molar-refractivity contribution in [3.8, 4) is 0 Å². The molecule has 2 N–H and O–H groups in total. The number of hydrogen-bond donors (Lipinski definition) is 2. The van der Waals surface area contributed by atoms with E-state index in [4.69, 9.17) is 0 Å². The second kappa shape index (κ2) is 7.62. The molecule has 3 nitrogen and oxygen atoms in total. The Labute approximate surface area is 119 Å². The van der Waals surface area contributed by atoms with Crippen LogP contribution in [0, 0.1) is 6.92 Å². The van der Waals surface area contributed by atoms with Crippen LogP contribution < -0.4 is 10.6 Å². The summed E-state index contributed by atoms with van der Waals surface area (Å²) in [6.45, 7) is 1.74. The molecule has 0 aromatic heterocycles. The molecule has 0 unspecified atom stereocenters. The predicted molar refractivity (Wildman–Crippen MR) is 72.9 cm³/mol. The molecule has 1 aromatic rings. The molecule has 0 saturated carbocycles. The third-order valence-corrected chi connectivity index (χ3v) is 2.76. The van der Waals surface area contributed by atoms with E-state index >= 15 is 0 Å². The standard InChI is InChI=1S/C11H13F3N2OS.ClH/c1-7-3-4-8(16-10(17)6-15-2)9(5-7)18-11(12,13)14;/h3-5,15H,6H2,1-2H3,(H,16,17);1H. The van der Waals surface area contributed by atoms with Gasteiger partial charge in [0.15, 0.2) is 0 Å². The summed E-state index contributed by atoms with van der Waals surface area (Å²) in [6, 6.07) is 4.51. The van der Waals surface area contributed by atoms with Crippen molar-refractivity contribution < 1.29 is 18.0 Å². The van der Waals surface area contributed by atoms with Crippen LogP contribution >= 0.6 is 24.2 Å². The van der Waals surface area contributed by atoms with Crippen molar-refractivity contribution in [2.24, 2.45) is 0 Å². The number of amides is 1. The number of alkyl halides is 3. The summed E-state index contributed by atoms with van der Waals surface area (Å²) in [4.78, 5) is 11.3. The smallest absolute Gasteiger partial charge is 0.324 e. The summed E-state index contributed by atoms with van der Waals surface area (Å²) in [5.41, 5.74) is -3.51. The molecule has 0 fully saturated rings. The molecule has 0 spiro atoms. The van der Waals surface area contributed by atoms with Gasteiger partial charge in [-0.1, -0.05) is 6.07 Å². The van der Waals surface area contributed by atoms with Crippen molar-refractivity contribution >= 4 is 35.8 Å². The number of likely N-dealkylation sites (N-methyl/N-ethyl adjacent to an activating group) is 1. The minimum Gasteiger partial charge on any atom is -0.324 e. The number of anilines is 1. The van der Waals surface area contributed by atoms with Crippen molar-refractivity contribution in [1.82, 2.24) is 5.32 Å². The molecule has 1 aromatic carbocycles. The van der Waals surface area contributed by atoms with Gasteiger partial charge in [0, 0.05) is 4.90 Å². The lowest BCUT2D eigenvalue weighted by atomic mass is 10.2. The first-order valence-electron chi connectivity index (χ1n) is 5.12. The van der Waals surface area contributed by atoms with Crippen molar-refractivity contribution in [3.63, 3.8) is 0 Å². The lowest BCUT2D eigenvalue weighted by Gasteiger charge is -2.13. The SMILES string of the molecule is CNCC(=O)Nc1ccc(C)cc1SC(F)(F)F.Cl. The third kappa shape index (κ3) is 6.70. The fourth-order valence-electron chi connectivity index (χ4n) is 1.30.